The number of fused-ring (bicyclic) bond motifs is 2. The van der Waals surface area contributed by atoms with Crippen LogP contribution in [0.25, 0.3) is 20.9 Å². The van der Waals surface area contributed by atoms with Gasteiger partial charge in [-0.2, -0.15) is 0 Å². The maximum Gasteiger partial charge on any atom is 0.267 e. The Balaban J connectivity index is 1.36. The number of nitrogens with zero attached hydrogens (tertiary/aromatic N) is 1. The van der Waals surface area contributed by atoms with Crippen molar-refractivity contribution in [3.05, 3.63) is 100 Å². The third-order valence-corrected chi connectivity index (χ3v) is 7.71. The average Bonchev–Trinajstić information content (AvgIpc) is 3.25. The molecule has 0 saturated carbocycles. The van der Waals surface area contributed by atoms with Crippen LogP contribution in [-0.4, -0.2) is 25.5 Å². The summed E-state index contributed by atoms with van der Waals surface area (Å²) in [6.07, 6.45) is 0. The van der Waals surface area contributed by atoms with Crippen LogP contribution in [0.3, 0.4) is 0 Å². The molecule has 1 heterocycles. The van der Waals surface area contributed by atoms with Crippen LogP contribution in [0.15, 0.2) is 84.9 Å². The molecule has 1 aromatic heterocycles. The van der Waals surface area contributed by atoms with Crippen LogP contribution in [0.4, 0.5) is 11.4 Å². The molecule has 36 heavy (non-hydrogen) atoms. The molecule has 5 nitrogen and oxygen atoms in total. The molecule has 0 aliphatic heterocycles. The van der Waals surface area contributed by atoms with Crippen molar-refractivity contribution in [2.45, 2.75) is 6.92 Å². The number of amides is 2. The molecule has 0 aliphatic carbocycles. The predicted molar refractivity (Wildman–Crippen MR) is 149 cm³/mol. The van der Waals surface area contributed by atoms with Gasteiger partial charge < -0.3 is 15.0 Å². The highest BCUT2D eigenvalue weighted by Crippen LogP contribution is 2.37. The fourth-order valence-corrected chi connectivity index (χ4v) is 5.67. The van der Waals surface area contributed by atoms with E-state index in [-0.39, 0.29) is 11.8 Å². The van der Waals surface area contributed by atoms with Crippen LogP contribution in [0.2, 0.25) is 5.02 Å². The van der Waals surface area contributed by atoms with Gasteiger partial charge in [0.1, 0.15) is 10.6 Å². The van der Waals surface area contributed by atoms with Gasteiger partial charge in [-0.15, -0.1) is 11.3 Å². The summed E-state index contributed by atoms with van der Waals surface area (Å²) >= 11 is 7.80. The molecular formula is C29H23ClN2O3S. The Labute approximate surface area is 217 Å². The monoisotopic (exact) mass is 514 g/mol. The highest BCUT2D eigenvalue weighted by Gasteiger charge is 2.20. The van der Waals surface area contributed by atoms with Crippen molar-refractivity contribution in [3.63, 3.8) is 0 Å². The summed E-state index contributed by atoms with van der Waals surface area (Å²) in [6.45, 7) is 2.49. The van der Waals surface area contributed by atoms with Gasteiger partial charge in [-0.25, -0.2) is 0 Å². The van der Waals surface area contributed by atoms with Gasteiger partial charge in [0.05, 0.1) is 17.8 Å². The molecule has 0 unspecified atom stereocenters. The lowest BCUT2D eigenvalue weighted by Crippen LogP contribution is -2.30. The van der Waals surface area contributed by atoms with Gasteiger partial charge in [0.15, 0.2) is 0 Å². The molecule has 7 heteroatoms. The molecule has 180 valence electrons. The second kappa shape index (κ2) is 10.0. The average molecular weight is 515 g/mol. The van der Waals surface area contributed by atoms with Gasteiger partial charge in [-0.1, -0.05) is 48.0 Å². The van der Waals surface area contributed by atoms with Crippen LogP contribution in [0.1, 0.15) is 27.0 Å². The predicted octanol–water partition coefficient (Wildman–Crippen LogP) is 7.64. The quantitative estimate of drug-likeness (QED) is 0.253. The number of anilines is 2. The Morgan fingerprint density at radius 2 is 1.69 bits per heavy atom. The Morgan fingerprint density at radius 1 is 0.944 bits per heavy atom. The number of thiophene rings is 1. The van der Waals surface area contributed by atoms with E-state index < -0.39 is 0 Å². The minimum Gasteiger partial charge on any atom is -0.497 e. The van der Waals surface area contributed by atoms with Crippen molar-refractivity contribution in [2.75, 3.05) is 23.9 Å². The number of halogens is 1. The first kappa shape index (κ1) is 23.9. The van der Waals surface area contributed by atoms with E-state index in [0.717, 1.165) is 26.5 Å². The Bertz CT molecular complexity index is 1590. The van der Waals surface area contributed by atoms with Crippen molar-refractivity contribution >= 4 is 67.0 Å². The molecule has 0 bridgehead atoms. The highest BCUT2D eigenvalue weighted by atomic mass is 35.5. The van der Waals surface area contributed by atoms with Crippen molar-refractivity contribution < 1.29 is 14.3 Å². The number of hydrogen-bond donors (Lipinski definition) is 1. The minimum absolute atomic E-state index is 0.103. The van der Waals surface area contributed by atoms with Crippen molar-refractivity contribution in [1.82, 2.24) is 0 Å². The maximum absolute atomic E-state index is 13.4. The maximum atomic E-state index is 13.4. The molecule has 4 aromatic carbocycles. The number of nitrogens with one attached hydrogen (secondary N) is 1. The number of carbonyl (C=O) groups is 2. The molecule has 1 N–H and O–H groups in total. The third kappa shape index (κ3) is 4.41. The van der Waals surface area contributed by atoms with E-state index in [1.54, 1.807) is 36.3 Å². The summed E-state index contributed by atoms with van der Waals surface area (Å²) in [5, 5.41) is 6.21. The number of methoxy groups -OCH3 is 1. The zero-order valence-electron chi connectivity index (χ0n) is 19.7. The summed E-state index contributed by atoms with van der Waals surface area (Å²) in [6, 6.07) is 26.4. The zero-order chi connectivity index (χ0) is 25.2. The number of hydrogen-bond acceptors (Lipinski definition) is 4. The van der Waals surface area contributed by atoms with Crippen molar-refractivity contribution in [3.8, 4) is 5.75 Å². The van der Waals surface area contributed by atoms with Gasteiger partial charge >= 0.3 is 0 Å². The van der Waals surface area contributed by atoms with Gasteiger partial charge in [0.2, 0.25) is 0 Å². The number of rotatable bonds is 6. The number of benzene rings is 4. The largest absolute Gasteiger partial charge is 0.497 e. The summed E-state index contributed by atoms with van der Waals surface area (Å²) < 4.78 is 6.14. The second-order valence-corrected chi connectivity index (χ2v) is 9.62. The molecule has 0 atom stereocenters. The third-order valence-electron chi connectivity index (χ3n) is 6.05. The Hall–Kier alpha value is -3.87. The molecule has 0 fully saturated rings. The van der Waals surface area contributed by atoms with E-state index in [9.17, 15) is 9.59 Å². The lowest BCUT2D eigenvalue weighted by atomic mass is 10.1. The van der Waals surface area contributed by atoms with Gasteiger partial charge in [0, 0.05) is 33.3 Å². The minimum atomic E-state index is -0.301. The molecule has 0 spiro atoms. The van der Waals surface area contributed by atoms with Gasteiger partial charge in [-0.05, 0) is 60.8 Å². The molecule has 0 radical (unpaired) electrons. The van der Waals surface area contributed by atoms with E-state index in [0.29, 0.717) is 33.4 Å². The normalized spacial score (nSPS) is 11.0. The lowest BCUT2D eigenvalue weighted by molar-refractivity contribution is 0.0987. The summed E-state index contributed by atoms with van der Waals surface area (Å²) in [5.41, 5.74) is 1.99. The van der Waals surface area contributed by atoms with E-state index in [1.807, 2.05) is 67.6 Å². The highest BCUT2D eigenvalue weighted by molar-refractivity contribution is 7.21. The molecule has 2 amide bonds. The summed E-state index contributed by atoms with van der Waals surface area (Å²) in [5.74, 6) is 0.302. The molecule has 0 aliphatic rings. The molecule has 5 rings (SSSR count). The first-order chi connectivity index (χ1) is 17.5. The van der Waals surface area contributed by atoms with E-state index >= 15 is 0 Å². The molecule has 0 saturated heterocycles. The van der Waals surface area contributed by atoms with E-state index in [4.69, 9.17) is 16.3 Å². The standard InChI is InChI=1S/C29H23ClN2O3S/c1-3-32(24-10-6-8-18-7-4-5-9-22(18)24)29(34)19-11-13-20(14-12-19)31-28(33)27-26(30)23-16-15-21(35-2)17-25(23)36-27/h4-17H,3H2,1-2H3,(H,31,33). The lowest BCUT2D eigenvalue weighted by Gasteiger charge is -2.23. The first-order valence-corrected chi connectivity index (χ1v) is 12.7. The van der Waals surface area contributed by atoms with Crippen LogP contribution < -0.4 is 15.0 Å². The van der Waals surface area contributed by atoms with Crippen molar-refractivity contribution in [1.29, 1.82) is 0 Å². The zero-order valence-corrected chi connectivity index (χ0v) is 21.3. The van der Waals surface area contributed by atoms with Crippen LogP contribution in [0.5, 0.6) is 5.75 Å². The molecular weight excluding hydrogens is 492 g/mol. The van der Waals surface area contributed by atoms with Crippen LogP contribution in [-0.2, 0) is 0 Å². The first-order valence-electron chi connectivity index (χ1n) is 11.5. The second-order valence-electron chi connectivity index (χ2n) is 8.19. The molecule has 5 aromatic rings. The topological polar surface area (TPSA) is 58.6 Å². The summed E-state index contributed by atoms with van der Waals surface area (Å²) in [4.78, 5) is 28.5. The summed E-state index contributed by atoms with van der Waals surface area (Å²) in [7, 11) is 1.60. The number of carbonyl (C=O) groups excluding carboxylic acids is 2. The van der Waals surface area contributed by atoms with Crippen LogP contribution in [0, 0.1) is 0 Å². The number of ether oxygens (including phenoxy) is 1. The van der Waals surface area contributed by atoms with Gasteiger partial charge in [-0.3, -0.25) is 9.59 Å². The van der Waals surface area contributed by atoms with E-state index in [2.05, 4.69) is 5.32 Å². The fraction of sp³-hybridized carbons (Fsp3) is 0.103. The van der Waals surface area contributed by atoms with Gasteiger partial charge in [0.25, 0.3) is 11.8 Å². The van der Waals surface area contributed by atoms with E-state index in [1.165, 1.54) is 11.3 Å². The SMILES string of the molecule is CCN(C(=O)c1ccc(NC(=O)c2sc3cc(OC)ccc3c2Cl)cc1)c1cccc2ccccc12. The Morgan fingerprint density at radius 3 is 2.44 bits per heavy atom. The fourth-order valence-electron chi connectivity index (χ4n) is 4.23. The Kier molecular flexibility index (Phi) is 6.63. The van der Waals surface area contributed by atoms with Crippen molar-refractivity contribution in [2.24, 2.45) is 0 Å². The smallest absolute Gasteiger partial charge is 0.267 e. The van der Waals surface area contributed by atoms with Crippen LogP contribution >= 0.6 is 22.9 Å².